The van der Waals surface area contributed by atoms with Gasteiger partial charge in [-0.05, 0) is 44.9 Å². The standard InChI is InChI=1S/C21H31N5OS.HI/c1-6-14(3)20(27)26-18-10-8-9-17(11-18)12-23-21(22-7-2)24-13-19-15(4)25-16(5)28-19;/h8-11,14H,6-7,12-13H2,1-5H3,(H,26,27)(H2,22,23,24);1H. The van der Waals surface area contributed by atoms with Crippen LogP contribution < -0.4 is 16.0 Å². The molecule has 1 unspecified atom stereocenters. The summed E-state index contributed by atoms with van der Waals surface area (Å²) in [5.74, 6) is 0.820. The topological polar surface area (TPSA) is 78.4 Å². The van der Waals surface area contributed by atoms with Crippen LogP contribution in [0.2, 0.25) is 0 Å². The van der Waals surface area contributed by atoms with Crippen molar-refractivity contribution in [1.29, 1.82) is 0 Å². The van der Waals surface area contributed by atoms with Gasteiger partial charge in [0.15, 0.2) is 5.96 Å². The smallest absolute Gasteiger partial charge is 0.227 e. The number of aromatic nitrogens is 1. The minimum atomic E-state index is 0. The van der Waals surface area contributed by atoms with Gasteiger partial charge in [0.2, 0.25) is 5.91 Å². The van der Waals surface area contributed by atoms with Gasteiger partial charge in [-0.3, -0.25) is 4.79 Å². The molecule has 2 rings (SSSR count). The molecule has 160 valence electrons. The van der Waals surface area contributed by atoms with E-state index < -0.39 is 0 Å². The summed E-state index contributed by atoms with van der Waals surface area (Å²) < 4.78 is 0. The number of hydrogen-bond acceptors (Lipinski definition) is 4. The van der Waals surface area contributed by atoms with Crippen molar-refractivity contribution < 1.29 is 4.79 Å². The fourth-order valence-electron chi connectivity index (χ4n) is 2.61. The van der Waals surface area contributed by atoms with Crippen LogP contribution in [0.5, 0.6) is 0 Å². The van der Waals surface area contributed by atoms with E-state index >= 15 is 0 Å². The van der Waals surface area contributed by atoms with Gasteiger partial charge in [-0.2, -0.15) is 0 Å². The highest BCUT2D eigenvalue weighted by Crippen LogP contribution is 2.17. The Bertz CT molecular complexity index is 821. The zero-order chi connectivity index (χ0) is 20.5. The van der Waals surface area contributed by atoms with E-state index in [4.69, 9.17) is 0 Å². The summed E-state index contributed by atoms with van der Waals surface area (Å²) in [6.07, 6.45) is 0.826. The SMILES string of the molecule is CCNC(=NCc1cccc(NC(=O)C(C)CC)c1)NCc1sc(C)nc1C.I. The van der Waals surface area contributed by atoms with E-state index in [1.54, 1.807) is 11.3 Å². The maximum Gasteiger partial charge on any atom is 0.227 e. The molecule has 0 aliphatic carbocycles. The second-order valence-electron chi connectivity index (χ2n) is 6.79. The lowest BCUT2D eigenvalue weighted by Crippen LogP contribution is -2.36. The zero-order valence-electron chi connectivity index (χ0n) is 17.8. The normalized spacial score (nSPS) is 12.1. The minimum Gasteiger partial charge on any atom is -0.357 e. The number of aryl methyl sites for hydroxylation is 2. The van der Waals surface area contributed by atoms with E-state index in [1.165, 1.54) is 4.88 Å². The van der Waals surface area contributed by atoms with Crippen molar-refractivity contribution in [3.05, 3.63) is 45.4 Å². The number of thiazole rings is 1. The quantitative estimate of drug-likeness (QED) is 0.265. The molecule has 0 aliphatic rings. The molecule has 6 nitrogen and oxygen atoms in total. The summed E-state index contributed by atoms with van der Waals surface area (Å²) in [5, 5.41) is 10.7. The number of anilines is 1. The molecule has 8 heteroatoms. The third-order valence-electron chi connectivity index (χ3n) is 4.43. The van der Waals surface area contributed by atoms with Crippen molar-refractivity contribution in [3.63, 3.8) is 0 Å². The number of nitrogens with zero attached hydrogens (tertiary/aromatic N) is 2. The Kier molecular flexibility index (Phi) is 11.2. The van der Waals surface area contributed by atoms with Crippen molar-refractivity contribution in [2.45, 2.75) is 54.1 Å². The maximum atomic E-state index is 12.1. The summed E-state index contributed by atoms with van der Waals surface area (Å²) >= 11 is 1.70. The zero-order valence-corrected chi connectivity index (χ0v) is 21.0. The average molecular weight is 529 g/mol. The van der Waals surface area contributed by atoms with Crippen molar-refractivity contribution in [3.8, 4) is 0 Å². The van der Waals surface area contributed by atoms with Gasteiger partial charge in [0.1, 0.15) is 0 Å². The van der Waals surface area contributed by atoms with Crippen LogP contribution in [0.25, 0.3) is 0 Å². The van der Waals surface area contributed by atoms with Crippen LogP contribution in [0.3, 0.4) is 0 Å². The largest absolute Gasteiger partial charge is 0.357 e. The first-order valence-corrected chi connectivity index (χ1v) is 10.6. The third kappa shape index (κ3) is 8.30. The Morgan fingerprint density at radius 2 is 2.00 bits per heavy atom. The number of aliphatic imine (C=N–C) groups is 1. The van der Waals surface area contributed by atoms with Crippen LogP contribution in [0, 0.1) is 19.8 Å². The molecule has 0 bridgehead atoms. The molecule has 1 aromatic carbocycles. The number of halogens is 1. The van der Waals surface area contributed by atoms with Crippen molar-refractivity contribution in [2.24, 2.45) is 10.9 Å². The fraction of sp³-hybridized carbons (Fsp3) is 0.476. The van der Waals surface area contributed by atoms with Crippen LogP contribution in [0.4, 0.5) is 5.69 Å². The predicted octanol–water partition coefficient (Wildman–Crippen LogP) is 4.62. The van der Waals surface area contributed by atoms with Crippen molar-refractivity contribution in [2.75, 3.05) is 11.9 Å². The van der Waals surface area contributed by atoms with Gasteiger partial charge in [-0.1, -0.05) is 26.0 Å². The van der Waals surface area contributed by atoms with E-state index in [2.05, 4.69) is 25.9 Å². The molecule has 1 aromatic heterocycles. The summed E-state index contributed by atoms with van der Waals surface area (Å²) in [7, 11) is 0. The summed E-state index contributed by atoms with van der Waals surface area (Å²) in [5.41, 5.74) is 2.92. The number of benzene rings is 1. The Balaban J connectivity index is 0.00000420. The highest BCUT2D eigenvalue weighted by Gasteiger charge is 2.10. The van der Waals surface area contributed by atoms with E-state index in [9.17, 15) is 4.79 Å². The van der Waals surface area contributed by atoms with Crippen molar-refractivity contribution >= 4 is 52.9 Å². The molecule has 0 fully saturated rings. The lowest BCUT2D eigenvalue weighted by atomic mass is 10.1. The highest BCUT2D eigenvalue weighted by atomic mass is 127. The van der Waals surface area contributed by atoms with E-state index in [0.717, 1.165) is 40.9 Å². The second kappa shape index (κ2) is 12.8. The second-order valence-corrected chi connectivity index (χ2v) is 8.08. The molecule has 0 radical (unpaired) electrons. The fourth-order valence-corrected chi connectivity index (χ4v) is 3.49. The molecule has 1 atom stereocenters. The first kappa shape index (κ1) is 25.4. The predicted molar refractivity (Wildman–Crippen MR) is 133 cm³/mol. The van der Waals surface area contributed by atoms with Gasteiger partial charge in [0.25, 0.3) is 0 Å². The highest BCUT2D eigenvalue weighted by molar-refractivity contribution is 14.0. The molecular weight excluding hydrogens is 497 g/mol. The van der Waals surface area contributed by atoms with Crippen LogP contribution >= 0.6 is 35.3 Å². The summed E-state index contributed by atoms with van der Waals surface area (Å²) in [4.78, 5) is 22.4. The van der Waals surface area contributed by atoms with Gasteiger partial charge in [-0.15, -0.1) is 35.3 Å². The molecule has 1 heterocycles. The molecule has 3 N–H and O–H groups in total. The molecule has 0 saturated heterocycles. The first-order chi connectivity index (χ1) is 13.4. The number of guanidine groups is 1. The lowest BCUT2D eigenvalue weighted by Gasteiger charge is -2.12. The molecule has 0 spiro atoms. The molecular formula is C21H32IN5OS. The van der Waals surface area contributed by atoms with Crippen LogP contribution in [0.1, 0.15) is 48.3 Å². The molecule has 0 aliphatic heterocycles. The van der Waals surface area contributed by atoms with E-state index in [-0.39, 0.29) is 35.8 Å². The van der Waals surface area contributed by atoms with Gasteiger partial charge >= 0.3 is 0 Å². The number of amides is 1. The average Bonchev–Trinajstić information content (AvgIpc) is 3.00. The molecule has 2 aromatic rings. The van der Waals surface area contributed by atoms with E-state index in [0.29, 0.717) is 13.1 Å². The first-order valence-electron chi connectivity index (χ1n) is 9.77. The van der Waals surface area contributed by atoms with Crippen LogP contribution in [-0.2, 0) is 17.9 Å². The number of carbonyl (C=O) groups excluding carboxylic acids is 1. The van der Waals surface area contributed by atoms with E-state index in [1.807, 2.05) is 58.9 Å². The lowest BCUT2D eigenvalue weighted by molar-refractivity contribution is -0.119. The Hall–Kier alpha value is -1.68. The Morgan fingerprint density at radius 1 is 1.24 bits per heavy atom. The molecule has 29 heavy (non-hydrogen) atoms. The third-order valence-corrected chi connectivity index (χ3v) is 5.51. The van der Waals surface area contributed by atoms with Crippen LogP contribution in [0.15, 0.2) is 29.3 Å². The summed E-state index contributed by atoms with van der Waals surface area (Å²) in [6, 6.07) is 7.85. The van der Waals surface area contributed by atoms with Gasteiger partial charge in [0, 0.05) is 23.0 Å². The van der Waals surface area contributed by atoms with Gasteiger partial charge < -0.3 is 16.0 Å². The number of carbonyl (C=O) groups is 1. The number of rotatable bonds is 8. The number of nitrogens with one attached hydrogen (secondary N) is 3. The maximum absolute atomic E-state index is 12.1. The van der Waals surface area contributed by atoms with Gasteiger partial charge in [0.05, 0.1) is 23.8 Å². The molecule has 1 amide bonds. The molecule has 0 saturated carbocycles. The Labute approximate surface area is 195 Å². The summed E-state index contributed by atoms with van der Waals surface area (Å²) in [6.45, 7) is 12.1. The van der Waals surface area contributed by atoms with Gasteiger partial charge in [-0.25, -0.2) is 9.98 Å². The number of hydrogen-bond donors (Lipinski definition) is 3. The Morgan fingerprint density at radius 3 is 2.62 bits per heavy atom. The minimum absolute atomic E-state index is 0. The van der Waals surface area contributed by atoms with Crippen molar-refractivity contribution in [1.82, 2.24) is 15.6 Å². The monoisotopic (exact) mass is 529 g/mol. The van der Waals surface area contributed by atoms with Crippen LogP contribution in [-0.4, -0.2) is 23.4 Å².